The minimum Gasteiger partial charge on any atom is -0.299 e. The van der Waals surface area contributed by atoms with Gasteiger partial charge in [0.25, 0.3) is 0 Å². The summed E-state index contributed by atoms with van der Waals surface area (Å²) in [7, 11) is 0. The predicted molar refractivity (Wildman–Crippen MR) is 94.7 cm³/mol. The summed E-state index contributed by atoms with van der Waals surface area (Å²) >= 11 is 2.47. The van der Waals surface area contributed by atoms with E-state index in [2.05, 4.69) is 47.7 Å². The number of ketones is 2. The third kappa shape index (κ3) is 1.78. The van der Waals surface area contributed by atoms with E-state index in [0.29, 0.717) is 23.5 Å². The Morgan fingerprint density at radius 3 is 2.82 bits per heavy atom. The highest BCUT2D eigenvalue weighted by Crippen LogP contribution is 2.62. The molecule has 0 amide bonds. The number of allylic oxidation sites excluding steroid dienone is 6. The zero-order valence-electron chi connectivity index (χ0n) is 12.8. The number of Topliss-reactive ketones (excluding diaryl/α,β-unsaturated/α-hetero) is 1. The van der Waals surface area contributed by atoms with Crippen molar-refractivity contribution in [2.45, 2.75) is 32.6 Å². The zero-order chi connectivity index (χ0) is 15.5. The lowest BCUT2D eigenvalue weighted by Crippen LogP contribution is -2.49. The van der Waals surface area contributed by atoms with Crippen molar-refractivity contribution in [3.05, 3.63) is 36.0 Å². The monoisotopic (exact) mass is 408 g/mol. The predicted octanol–water partition coefficient (Wildman–Crippen LogP) is 4.05. The molecule has 4 aliphatic carbocycles. The summed E-state index contributed by atoms with van der Waals surface area (Å²) in [6, 6.07) is 0. The van der Waals surface area contributed by atoms with Gasteiger partial charge in [-0.1, -0.05) is 47.7 Å². The summed E-state index contributed by atoms with van der Waals surface area (Å²) < 4.78 is 1.00. The summed E-state index contributed by atoms with van der Waals surface area (Å²) in [6.45, 7) is 2.19. The number of alkyl halides is 1. The first-order valence-electron chi connectivity index (χ1n) is 8.24. The van der Waals surface area contributed by atoms with Crippen molar-refractivity contribution >= 4 is 34.2 Å². The average molecular weight is 408 g/mol. The van der Waals surface area contributed by atoms with Crippen molar-refractivity contribution in [1.29, 1.82) is 0 Å². The molecule has 4 rings (SSSR count). The molecule has 0 radical (unpaired) electrons. The van der Waals surface area contributed by atoms with Gasteiger partial charge in [-0.15, -0.1) is 0 Å². The minimum atomic E-state index is -0.104. The number of halogens is 1. The van der Waals surface area contributed by atoms with Crippen LogP contribution in [0.25, 0.3) is 0 Å². The first-order valence-corrected chi connectivity index (χ1v) is 9.77. The van der Waals surface area contributed by atoms with Crippen LogP contribution in [-0.4, -0.2) is 16.0 Å². The normalized spacial score (nSPS) is 46.1. The number of fused-ring (bicyclic) bond motifs is 5. The number of carbonyl (C=O) groups excluding carboxylic acids is 2. The maximum atomic E-state index is 12.4. The van der Waals surface area contributed by atoms with E-state index in [9.17, 15) is 9.59 Å². The second-order valence-electron chi connectivity index (χ2n) is 7.58. The van der Waals surface area contributed by atoms with Crippen LogP contribution in [0.1, 0.15) is 32.6 Å². The van der Waals surface area contributed by atoms with Crippen LogP contribution < -0.4 is 0 Å². The minimum absolute atomic E-state index is 0.000848. The van der Waals surface area contributed by atoms with Crippen molar-refractivity contribution in [1.82, 2.24) is 0 Å². The van der Waals surface area contributed by atoms with Gasteiger partial charge in [0.2, 0.25) is 0 Å². The molecule has 4 aliphatic rings. The van der Waals surface area contributed by atoms with Gasteiger partial charge in [-0.25, -0.2) is 0 Å². The molecule has 3 heteroatoms. The summed E-state index contributed by atoms with van der Waals surface area (Å²) in [5.41, 5.74) is 1.08. The standard InChI is InChI=1S/C19H21IO2/c1-18-8-7-16-14(15(18)4-5-17(18)22)3-2-12-10-13(21)6-9-19(12,16)11-20/h2-3,6,9-10,14-16H,4-5,7-8,11H2,1H3/t14-,15-,16-,18-,19+/m0/s1. The molecule has 5 atom stereocenters. The van der Waals surface area contributed by atoms with Gasteiger partial charge in [0.05, 0.1) is 0 Å². The maximum Gasteiger partial charge on any atom is 0.178 e. The Morgan fingerprint density at radius 1 is 1.23 bits per heavy atom. The van der Waals surface area contributed by atoms with Gasteiger partial charge in [0.1, 0.15) is 5.78 Å². The molecule has 2 saturated carbocycles. The van der Waals surface area contributed by atoms with Crippen LogP contribution in [0.5, 0.6) is 0 Å². The summed E-state index contributed by atoms with van der Waals surface area (Å²) in [6.07, 6.45) is 14.1. The Morgan fingerprint density at radius 2 is 2.05 bits per heavy atom. The average Bonchev–Trinajstić information content (AvgIpc) is 2.82. The van der Waals surface area contributed by atoms with E-state index in [1.54, 1.807) is 6.08 Å². The van der Waals surface area contributed by atoms with E-state index >= 15 is 0 Å². The third-order valence-electron chi connectivity index (χ3n) is 6.80. The second kappa shape index (κ2) is 4.89. The molecule has 0 aromatic carbocycles. The van der Waals surface area contributed by atoms with Crippen LogP contribution in [0.3, 0.4) is 0 Å². The highest BCUT2D eigenvalue weighted by atomic mass is 127. The first-order chi connectivity index (χ1) is 10.5. The molecule has 0 heterocycles. The smallest absolute Gasteiger partial charge is 0.178 e. The number of carbonyl (C=O) groups is 2. The Labute approximate surface area is 145 Å². The lowest BCUT2D eigenvalue weighted by molar-refractivity contribution is -0.130. The van der Waals surface area contributed by atoms with E-state index in [4.69, 9.17) is 0 Å². The van der Waals surface area contributed by atoms with Gasteiger partial charge in [0, 0.05) is 21.7 Å². The zero-order valence-corrected chi connectivity index (χ0v) is 15.0. The van der Waals surface area contributed by atoms with Crippen molar-refractivity contribution in [3.63, 3.8) is 0 Å². The molecule has 0 saturated heterocycles. The lowest BCUT2D eigenvalue weighted by atomic mass is 9.50. The van der Waals surface area contributed by atoms with E-state index < -0.39 is 0 Å². The molecular formula is C19H21IO2. The second-order valence-corrected chi connectivity index (χ2v) is 8.34. The van der Waals surface area contributed by atoms with Gasteiger partial charge >= 0.3 is 0 Å². The van der Waals surface area contributed by atoms with Crippen molar-refractivity contribution in [3.8, 4) is 0 Å². The van der Waals surface area contributed by atoms with Gasteiger partial charge in [-0.2, -0.15) is 0 Å². The Balaban J connectivity index is 1.80. The third-order valence-corrected chi connectivity index (χ3v) is 8.06. The van der Waals surface area contributed by atoms with E-state index in [0.717, 1.165) is 30.1 Å². The van der Waals surface area contributed by atoms with E-state index in [1.807, 2.05) is 6.08 Å². The molecule has 2 nitrogen and oxygen atoms in total. The molecule has 0 N–H and O–H groups in total. The van der Waals surface area contributed by atoms with Crippen LogP contribution in [0, 0.1) is 28.6 Å². The molecule has 116 valence electrons. The van der Waals surface area contributed by atoms with Crippen LogP contribution in [-0.2, 0) is 9.59 Å². The highest BCUT2D eigenvalue weighted by Gasteiger charge is 2.58. The quantitative estimate of drug-likeness (QED) is 0.485. The number of hydrogen-bond donors (Lipinski definition) is 0. The fraction of sp³-hybridized carbons (Fsp3) is 0.579. The van der Waals surface area contributed by atoms with Crippen molar-refractivity contribution in [2.24, 2.45) is 28.6 Å². The van der Waals surface area contributed by atoms with Crippen LogP contribution in [0.4, 0.5) is 0 Å². The molecule has 0 spiro atoms. The molecule has 0 bridgehead atoms. The molecule has 0 aromatic heterocycles. The summed E-state index contributed by atoms with van der Waals surface area (Å²) in [5.74, 6) is 2.09. The maximum absolute atomic E-state index is 12.4. The van der Waals surface area contributed by atoms with Crippen molar-refractivity contribution < 1.29 is 9.59 Å². The summed E-state index contributed by atoms with van der Waals surface area (Å²) in [5, 5.41) is 0. The van der Waals surface area contributed by atoms with Crippen LogP contribution >= 0.6 is 22.6 Å². The largest absolute Gasteiger partial charge is 0.299 e. The van der Waals surface area contributed by atoms with Crippen LogP contribution in [0.15, 0.2) is 36.0 Å². The van der Waals surface area contributed by atoms with Gasteiger partial charge in [-0.3, -0.25) is 9.59 Å². The molecule has 0 aromatic rings. The molecular weight excluding hydrogens is 387 g/mol. The Kier molecular flexibility index (Phi) is 3.30. The van der Waals surface area contributed by atoms with Gasteiger partial charge in [0.15, 0.2) is 5.78 Å². The topological polar surface area (TPSA) is 34.1 Å². The van der Waals surface area contributed by atoms with E-state index in [1.165, 1.54) is 5.57 Å². The Bertz CT molecular complexity index is 644. The fourth-order valence-corrected chi connectivity index (χ4v) is 6.74. The highest BCUT2D eigenvalue weighted by molar-refractivity contribution is 14.1. The molecule has 0 aliphatic heterocycles. The van der Waals surface area contributed by atoms with Crippen LogP contribution in [0.2, 0.25) is 0 Å². The van der Waals surface area contributed by atoms with Gasteiger partial charge < -0.3 is 0 Å². The summed E-state index contributed by atoms with van der Waals surface area (Å²) in [4.78, 5) is 24.2. The van der Waals surface area contributed by atoms with Crippen molar-refractivity contribution in [2.75, 3.05) is 4.43 Å². The Hall–Kier alpha value is -0.710. The first kappa shape index (κ1) is 14.9. The fourth-order valence-electron chi connectivity index (χ4n) is 5.48. The molecule has 0 unspecified atom stereocenters. The number of rotatable bonds is 1. The molecule has 22 heavy (non-hydrogen) atoms. The van der Waals surface area contributed by atoms with E-state index in [-0.39, 0.29) is 16.6 Å². The van der Waals surface area contributed by atoms with Gasteiger partial charge in [-0.05, 0) is 54.7 Å². The molecule has 2 fully saturated rings. The lowest BCUT2D eigenvalue weighted by Gasteiger charge is -2.53. The SMILES string of the molecule is C[C@]12CC[C@H]3[C@@H](C=CC4=CC(=O)C=C[C@@]43CI)[C@@H]1CCC2=O. The number of hydrogen-bond acceptors (Lipinski definition) is 2.